The molecule has 0 N–H and O–H groups in total. The Kier molecular flexibility index (Phi) is 6.39. The van der Waals surface area contributed by atoms with Crippen LogP contribution in [0.2, 0.25) is 0 Å². The Balaban J connectivity index is 1.33. The van der Waals surface area contributed by atoms with E-state index >= 15 is 0 Å². The van der Waals surface area contributed by atoms with Crippen molar-refractivity contribution in [2.45, 2.75) is 13.1 Å². The van der Waals surface area contributed by atoms with Crippen molar-refractivity contribution in [2.24, 2.45) is 0 Å². The second kappa shape index (κ2) is 9.35. The SMILES string of the molecule is COc1ccc(-c2nc(CN3CCN(Cc4ccncc4)CC3)cs2)cc1OC. The molecule has 0 bridgehead atoms. The van der Waals surface area contributed by atoms with Crippen molar-refractivity contribution in [1.82, 2.24) is 19.8 Å². The topological polar surface area (TPSA) is 50.7 Å². The van der Waals surface area contributed by atoms with Crippen LogP contribution in [0.25, 0.3) is 10.6 Å². The number of hydrogen-bond acceptors (Lipinski definition) is 7. The molecule has 2 aromatic heterocycles. The number of benzene rings is 1. The second-order valence-corrected chi connectivity index (χ2v) is 7.98. The summed E-state index contributed by atoms with van der Waals surface area (Å²) >= 11 is 1.68. The minimum atomic E-state index is 0.729. The lowest BCUT2D eigenvalue weighted by molar-refractivity contribution is 0.121. The average molecular weight is 411 g/mol. The number of hydrogen-bond donors (Lipinski definition) is 0. The van der Waals surface area contributed by atoms with Gasteiger partial charge in [0, 0.05) is 62.6 Å². The number of piperazine rings is 1. The molecule has 4 rings (SSSR count). The highest BCUT2D eigenvalue weighted by Crippen LogP contribution is 2.33. The van der Waals surface area contributed by atoms with Crippen LogP contribution >= 0.6 is 11.3 Å². The molecule has 0 spiro atoms. The molecule has 0 saturated carbocycles. The quantitative estimate of drug-likeness (QED) is 0.594. The molecule has 0 atom stereocenters. The summed E-state index contributed by atoms with van der Waals surface area (Å²) in [4.78, 5) is 13.9. The van der Waals surface area contributed by atoms with E-state index in [9.17, 15) is 0 Å². The lowest BCUT2D eigenvalue weighted by Crippen LogP contribution is -2.45. The van der Waals surface area contributed by atoms with Gasteiger partial charge in [0.25, 0.3) is 0 Å². The van der Waals surface area contributed by atoms with E-state index in [0.29, 0.717) is 0 Å². The normalized spacial score (nSPS) is 15.4. The Morgan fingerprint density at radius 1 is 0.897 bits per heavy atom. The third-order valence-electron chi connectivity index (χ3n) is 5.19. The first-order chi connectivity index (χ1) is 14.2. The predicted octanol–water partition coefficient (Wildman–Crippen LogP) is 3.54. The summed E-state index contributed by atoms with van der Waals surface area (Å²) in [7, 11) is 3.30. The van der Waals surface area contributed by atoms with Gasteiger partial charge in [0.15, 0.2) is 11.5 Å². The maximum Gasteiger partial charge on any atom is 0.161 e. The third-order valence-corrected chi connectivity index (χ3v) is 6.13. The van der Waals surface area contributed by atoms with E-state index in [-0.39, 0.29) is 0 Å². The van der Waals surface area contributed by atoms with E-state index in [1.165, 1.54) is 5.56 Å². The molecule has 0 aliphatic carbocycles. The van der Waals surface area contributed by atoms with Gasteiger partial charge in [-0.3, -0.25) is 14.8 Å². The van der Waals surface area contributed by atoms with Gasteiger partial charge in [-0.05, 0) is 35.9 Å². The molecule has 0 radical (unpaired) electrons. The molecule has 1 saturated heterocycles. The molecule has 29 heavy (non-hydrogen) atoms. The molecule has 7 heteroatoms. The number of pyridine rings is 1. The number of aromatic nitrogens is 2. The van der Waals surface area contributed by atoms with Crippen LogP contribution in [-0.4, -0.2) is 60.2 Å². The highest BCUT2D eigenvalue weighted by atomic mass is 32.1. The van der Waals surface area contributed by atoms with Crippen molar-refractivity contribution in [1.29, 1.82) is 0 Å². The van der Waals surface area contributed by atoms with Gasteiger partial charge in [-0.2, -0.15) is 0 Å². The van der Waals surface area contributed by atoms with E-state index in [4.69, 9.17) is 14.5 Å². The van der Waals surface area contributed by atoms with E-state index < -0.39 is 0 Å². The van der Waals surface area contributed by atoms with Crippen LogP contribution in [0.15, 0.2) is 48.1 Å². The van der Waals surface area contributed by atoms with Gasteiger partial charge in [-0.15, -0.1) is 11.3 Å². The van der Waals surface area contributed by atoms with Crippen LogP contribution in [0, 0.1) is 0 Å². The van der Waals surface area contributed by atoms with E-state index in [0.717, 1.165) is 67.0 Å². The fourth-order valence-electron chi connectivity index (χ4n) is 3.56. The first-order valence-electron chi connectivity index (χ1n) is 9.75. The van der Waals surface area contributed by atoms with Gasteiger partial charge in [0.1, 0.15) is 5.01 Å². The standard InChI is InChI=1S/C22H26N4O2S/c1-27-20-4-3-18(13-21(20)28-2)22-24-19(16-29-22)15-26-11-9-25(10-12-26)14-17-5-7-23-8-6-17/h3-8,13,16H,9-12,14-15H2,1-2H3. The van der Waals surface area contributed by atoms with Crippen molar-refractivity contribution >= 4 is 11.3 Å². The summed E-state index contributed by atoms with van der Waals surface area (Å²) in [6.07, 6.45) is 3.73. The van der Waals surface area contributed by atoms with Crippen LogP contribution in [-0.2, 0) is 13.1 Å². The zero-order valence-corrected chi connectivity index (χ0v) is 17.7. The fourth-order valence-corrected chi connectivity index (χ4v) is 4.37. The highest BCUT2D eigenvalue weighted by molar-refractivity contribution is 7.13. The Morgan fingerprint density at radius 2 is 1.59 bits per heavy atom. The van der Waals surface area contributed by atoms with Gasteiger partial charge >= 0.3 is 0 Å². The molecule has 0 amide bonds. The van der Waals surface area contributed by atoms with Crippen LogP contribution < -0.4 is 9.47 Å². The molecule has 1 fully saturated rings. The number of thiazole rings is 1. The molecule has 6 nitrogen and oxygen atoms in total. The van der Waals surface area contributed by atoms with Gasteiger partial charge in [-0.1, -0.05) is 0 Å². The summed E-state index contributed by atoms with van der Waals surface area (Å²) < 4.78 is 10.7. The van der Waals surface area contributed by atoms with Crippen LogP contribution in [0.4, 0.5) is 0 Å². The molecule has 0 unspecified atom stereocenters. The molecule has 3 heterocycles. The Labute approximate surface area is 175 Å². The zero-order valence-electron chi connectivity index (χ0n) is 16.9. The molecular formula is C22H26N4O2S. The van der Waals surface area contributed by atoms with Gasteiger partial charge < -0.3 is 9.47 Å². The summed E-state index contributed by atoms with van der Waals surface area (Å²) in [5, 5.41) is 3.17. The van der Waals surface area contributed by atoms with Crippen molar-refractivity contribution < 1.29 is 9.47 Å². The Morgan fingerprint density at radius 3 is 2.28 bits per heavy atom. The van der Waals surface area contributed by atoms with Gasteiger partial charge in [-0.25, -0.2) is 4.98 Å². The monoisotopic (exact) mass is 410 g/mol. The molecule has 1 aliphatic heterocycles. The van der Waals surface area contributed by atoms with Crippen LogP contribution in [0.3, 0.4) is 0 Å². The van der Waals surface area contributed by atoms with Gasteiger partial charge in [0.2, 0.25) is 0 Å². The Hall–Kier alpha value is -2.48. The van der Waals surface area contributed by atoms with E-state index in [1.54, 1.807) is 25.6 Å². The number of rotatable bonds is 7. The second-order valence-electron chi connectivity index (χ2n) is 7.12. The van der Waals surface area contributed by atoms with Crippen LogP contribution in [0.1, 0.15) is 11.3 Å². The predicted molar refractivity (Wildman–Crippen MR) is 115 cm³/mol. The first kappa shape index (κ1) is 19.8. The minimum absolute atomic E-state index is 0.729. The van der Waals surface area contributed by atoms with Crippen LogP contribution in [0.5, 0.6) is 11.5 Å². The molecule has 1 aliphatic rings. The van der Waals surface area contributed by atoms with Crippen molar-refractivity contribution in [2.75, 3.05) is 40.4 Å². The summed E-state index contributed by atoms with van der Waals surface area (Å²) in [6.45, 7) is 6.18. The highest BCUT2D eigenvalue weighted by Gasteiger charge is 2.18. The summed E-state index contributed by atoms with van der Waals surface area (Å²) in [5.74, 6) is 1.46. The summed E-state index contributed by atoms with van der Waals surface area (Å²) in [5.41, 5.74) is 3.51. The average Bonchev–Trinajstić information content (AvgIpc) is 3.24. The lowest BCUT2D eigenvalue weighted by atomic mass is 10.2. The van der Waals surface area contributed by atoms with Crippen molar-refractivity contribution in [3.63, 3.8) is 0 Å². The third kappa shape index (κ3) is 4.93. The zero-order chi connectivity index (χ0) is 20.1. The molecule has 152 valence electrons. The molecular weight excluding hydrogens is 384 g/mol. The minimum Gasteiger partial charge on any atom is -0.493 e. The maximum atomic E-state index is 5.41. The van der Waals surface area contributed by atoms with Gasteiger partial charge in [0.05, 0.1) is 19.9 Å². The Bertz CT molecular complexity index is 924. The molecule has 1 aromatic carbocycles. The van der Waals surface area contributed by atoms with Crippen molar-refractivity contribution in [3.8, 4) is 22.1 Å². The number of methoxy groups -OCH3 is 2. The lowest BCUT2D eigenvalue weighted by Gasteiger charge is -2.34. The van der Waals surface area contributed by atoms with E-state index in [1.807, 2.05) is 30.6 Å². The number of nitrogens with zero attached hydrogens (tertiary/aromatic N) is 4. The fraction of sp³-hybridized carbons (Fsp3) is 0.364. The van der Waals surface area contributed by atoms with E-state index in [2.05, 4.69) is 32.3 Å². The van der Waals surface area contributed by atoms with Crippen molar-refractivity contribution in [3.05, 3.63) is 59.4 Å². The maximum absolute atomic E-state index is 5.41. The largest absolute Gasteiger partial charge is 0.493 e. The smallest absolute Gasteiger partial charge is 0.161 e. The first-order valence-corrected chi connectivity index (χ1v) is 10.6. The number of ether oxygens (including phenoxy) is 2. The molecule has 3 aromatic rings. The summed E-state index contributed by atoms with van der Waals surface area (Å²) in [6, 6.07) is 10.1.